The number of ether oxygens (including phenoxy) is 1. The van der Waals surface area contributed by atoms with Gasteiger partial charge in [0, 0.05) is 40.1 Å². The van der Waals surface area contributed by atoms with Crippen LogP contribution in [0.25, 0.3) is 0 Å². The lowest BCUT2D eigenvalue weighted by atomic mass is 9.97. The van der Waals surface area contributed by atoms with Crippen LogP contribution in [0.5, 0.6) is 0 Å². The van der Waals surface area contributed by atoms with Gasteiger partial charge in [-0.3, -0.25) is 14.4 Å². The number of piperidine rings is 1. The Morgan fingerprint density at radius 1 is 1.09 bits per heavy atom. The number of aliphatic hydroxyl groups is 1. The lowest BCUT2D eigenvalue weighted by Gasteiger charge is -2.35. The van der Waals surface area contributed by atoms with Gasteiger partial charge in [-0.25, -0.2) is 0 Å². The van der Waals surface area contributed by atoms with Gasteiger partial charge in [-0.15, -0.1) is 0 Å². The third-order valence-corrected chi connectivity index (χ3v) is 5.93. The molecule has 1 fully saturated rings. The summed E-state index contributed by atoms with van der Waals surface area (Å²) in [6.45, 7) is 8.75. The van der Waals surface area contributed by atoms with Gasteiger partial charge in [-0.05, 0) is 52.6 Å². The van der Waals surface area contributed by atoms with Crippen molar-refractivity contribution in [1.82, 2.24) is 14.7 Å². The third-order valence-electron chi connectivity index (χ3n) is 5.93. The molecule has 0 aromatic heterocycles. The maximum Gasteiger partial charge on any atom is 0.248 e. The molecule has 3 amide bonds. The smallest absolute Gasteiger partial charge is 0.248 e. The highest BCUT2D eigenvalue weighted by Crippen LogP contribution is 2.17. The van der Waals surface area contributed by atoms with E-state index in [1.54, 1.807) is 20.9 Å². The average Bonchev–Trinajstić information content (AvgIpc) is 2.73. The van der Waals surface area contributed by atoms with Crippen molar-refractivity contribution in [2.75, 3.05) is 46.9 Å². The standard InChI is InChI=1S/C23H44N4O5/c1-6-11-20(28)25(4)19(17-32-15-10-14-27-12-8-7-9-13-27)22(30)26(5)18(21(24)29)16-23(2,3)31/h18-19,31H,6-17H2,1-5H3,(H2,24,29)/t18-,19+/m0/s1. The minimum absolute atomic E-state index is 0.000601. The Morgan fingerprint density at radius 3 is 2.25 bits per heavy atom. The molecule has 0 unspecified atom stereocenters. The molecule has 0 bridgehead atoms. The molecule has 0 aromatic rings. The van der Waals surface area contributed by atoms with Gasteiger partial charge >= 0.3 is 0 Å². The molecule has 3 N–H and O–H groups in total. The van der Waals surface area contributed by atoms with Crippen LogP contribution in [0.2, 0.25) is 0 Å². The van der Waals surface area contributed by atoms with E-state index in [1.807, 2.05) is 6.92 Å². The lowest BCUT2D eigenvalue weighted by molar-refractivity contribution is -0.150. The first kappa shape index (κ1) is 28.3. The first-order chi connectivity index (χ1) is 15.0. The van der Waals surface area contributed by atoms with Gasteiger partial charge in [0.2, 0.25) is 17.7 Å². The van der Waals surface area contributed by atoms with Crippen LogP contribution >= 0.6 is 0 Å². The van der Waals surface area contributed by atoms with E-state index in [0.29, 0.717) is 19.4 Å². The molecular weight excluding hydrogens is 412 g/mol. The van der Waals surface area contributed by atoms with Crippen LogP contribution in [-0.4, -0.2) is 102 Å². The molecule has 1 aliphatic rings. The second-order valence-corrected chi connectivity index (χ2v) is 9.49. The van der Waals surface area contributed by atoms with E-state index in [0.717, 1.165) is 26.1 Å². The fourth-order valence-electron chi connectivity index (χ4n) is 3.97. The number of nitrogens with zero attached hydrogens (tertiary/aromatic N) is 3. The molecule has 186 valence electrons. The highest BCUT2D eigenvalue weighted by Gasteiger charge is 2.36. The number of carbonyl (C=O) groups is 3. The van der Waals surface area contributed by atoms with Crippen LogP contribution in [0, 0.1) is 0 Å². The Bertz CT molecular complexity index is 602. The van der Waals surface area contributed by atoms with Gasteiger partial charge in [0.1, 0.15) is 12.1 Å². The molecule has 0 spiro atoms. The van der Waals surface area contributed by atoms with Crippen molar-refractivity contribution >= 4 is 17.7 Å². The molecule has 1 saturated heterocycles. The predicted octanol–water partition coefficient (Wildman–Crippen LogP) is 0.979. The van der Waals surface area contributed by atoms with Gasteiger partial charge in [0.15, 0.2) is 0 Å². The maximum atomic E-state index is 13.3. The summed E-state index contributed by atoms with van der Waals surface area (Å²) >= 11 is 0. The number of likely N-dealkylation sites (N-methyl/N-ethyl adjacent to an activating group) is 2. The topological polar surface area (TPSA) is 116 Å². The summed E-state index contributed by atoms with van der Waals surface area (Å²) in [6, 6.07) is -1.85. The lowest BCUT2D eigenvalue weighted by Crippen LogP contribution is -2.56. The number of likely N-dealkylation sites (tertiary alicyclic amines) is 1. The molecule has 0 radical (unpaired) electrons. The number of carbonyl (C=O) groups excluding carboxylic acids is 3. The summed E-state index contributed by atoms with van der Waals surface area (Å²) in [5, 5.41) is 10.1. The van der Waals surface area contributed by atoms with Crippen LogP contribution in [-0.2, 0) is 19.1 Å². The normalized spacial score (nSPS) is 16.9. The number of hydrogen-bond donors (Lipinski definition) is 2. The van der Waals surface area contributed by atoms with Crippen LogP contribution in [0.4, 0.5) is 0 Å². The predicted molar refractivity (Wildman–Crippen MR) is 124 cm³/mol. The molecule has 1 rings (SSSR count). The SMILES string of the molecule is CCCC(=O)N(C)[C@H](COCCCN1CCCCC1)C(=O)N(C)[C@@H](CC(C)(C)O)C(N)=O. The molecule has 1 heterocycles. The third kappa shape index (κ3) is 9.83. The van der Waals surface area contributed by atoms with E-state index in [1.165, 1.54) is 36.1 Å². The van der Waals surface area contributed by atoms with Gasteiger partial charge in [0.25, 0.3) is 0 Å². The van der Waals surface area contributed by atoms with E-state index in [-0.39, 0.29) is 18.9 Å². The molecule has 1 aliphatic heterocycles. The van der Waals surface area contributed by atoms with Crippen LogP contribution in [0.15, 0.2) is 0 Å². The Labute approximate surface area is 193 Å². The van der Waals surface area contributed by atoms with Crippen LogP contribution < -0.4 is 5.73 Å². The van der Waals surface area contributed by atoms with Crippen molar-refractivity contribution in [1.29, 1.82) is 0 Å². The largest absolute Gasteiger partial charge is 0.390 e. The molecule has 2 atom stereocenters. The number of amides is 3. The maximum absolute atomic E-state index is 13.3. The van der Waals surface area contributed by atoms with Crippen molar-refractivity contribution in [3.63, 3.8) is 0 Å². The summed E-state index contributed by atoms with van der Waals surface area (Å²) < 4.78 is 5.82. The quantitative estimate of drug-likeness (QED) is 0.376. The molecule has 0 aliphatic carbocycles. The highest BCUT2D eigenvalue weighted by atomic mass is 16.5. The second kappa shape index (κ2) is 13.7. The Balaban J connectivity index is 2.78. The van der Waals surface area contributed by atoms with E-state index in [4.69, 9.17) is 10.5 Å². The summed E-state index contributed by atoms with van der Waals surface area (Å²) in [7, 11) is 3.06. The molecule has 9 heteroatoms. The number of rotatable bonds is 14. The molecular formula is C23H44N4O5. The van der Waals surface area contributed by atoms with E-state index in [9.17, 15) is 19.5 Å². The van der Waals surface area contributed by atoms with Gasteiger partial charge in [0.05, 0.1) is 12.2 Å². The van der Waals surface area contributed by atoms with E-state index < -0.39 is 29.5 Å². The van der Waals surface area contributed by atoms with Crippen molar-refractivity contribution < 1.29 is 24.2 Å². The fraction of sp³-hybridized carbons (Fsp3) is 0.870. The zero-order valence-electron chi connectivity index (χ0n) is 20.6. The second-order valence-electron chi connectivity index (χ2n) is 9.49. The van der Waals surface area contributed by atoms with Crippen molar-refractivity contribution in [2.45, 2.75) is 83.4 Å². The molecule has 0 aromatic carbocycles. The summed E-state index contributed by atoms with van der Waals surface area (Å²) in [5.41, 5.74) is 4.33. The minimum Gasteiger partial charge on any atom is -0.390 e. The van der Waals surface area contributed by atoms with E-state index in [2.05, 4.69) is 4.90 Å². The summed E-state index contributed by atoms with van der Waals surface area (Å²) in [5.74, 6) is -1.29. The number of primary amides is 1. The fourth-order valence-corrected chi connectivity index (χ4v) is 3.97. The highest BCUT2D eigenvalue weighted by molar-refractivity contribution is 5.91. The van der Waals surface area contributed by atoms with Crippen LogP contribution in [0.1, 0.15) is 65.7 Å². The minimum atomic E-state index is -1.18. The molecule has 32 heavy (non-hydrogen) atoms. The monoisotopic (exact) mass is 456 g/mol. The summed E-state index contributed by atoms with van der Waals surface area (Å²) in [6.07, 6.45) is 5.61. The summed E-state index contributed by atoms with van der Waals surface area (Å²) in [4.78, 5) is 42.9. The zero-order valence-corrected chi connectivity index (χ0v) is 20.6. The first-order valence-corrected chi connectivity index (χ1v) is 11.8. The van der Waals surface area contributed by atoms with Crippen molar-refractivity contribution in [3.8, 4) is 0 Å². The molecule has 0 saturated carbocycles. The van der Waals surface area contributed by atoms with Gasteiger partial charge in [-0.1, -0.05) is 13.3 Å². The Hall–Kier alpha value is -1.71. The molecule has 9 nitrogen and oxygen atoms in total. The number of hydrogen-bond acceptors (Lipinski definition) is 6. The zero-order chi connectivity index (χ0) is 24.3. The Kier molecular flexibility index (Phi) is 12.2. The van der Waals surface area contributed by atoms with E-state index >= 15 is 0 Å². The Morgan fingerprint density at radius 2 is 1.72 bits per heavy atom. The number of nitrogens with two attached hydrogens (primary N) is 1. The van der Waals surface area contributed by atoms with Gasteiger partial charge in [-0.2, -0.15) is 0 Å². The van der Waals surface area contributed by atoms with Crippen LogP contribution in [0.3, 0.4) is 0 Å². The van der Waals surface area contributed by atoms with Gasteiger partial charge < -0.3 is 30.3 Å². The van der Waals surface area contributed by atoms with Crippen molar-refractivity contribution in [2.24, 2.45) is 5.73 Å². The first-order valence-electron chi connectivity index (χ1n) is 11.8. The van der Waals surface area contributed by atoms with Crippen molar-refractivity contribution in [3.05, 3.63) is 0 Å². The average molecular weight is 457 g/mol.